The van der Waals surface area contributed by atoms with Crippen molar-refractivity contribution in [1.82, 2.24) is 0 Å². The SMILES string of the molecule is O=C([O-])CC/C(=N\O)c1ccccc1. The molecule has 1 N–H and O–H groups in total. The maximum absolute atomic E-state index is 10.2. The van der Waals surface area contributed by atoms with Crippen LogP contribution in [0, 0.1) is 0 Å². The first-order valence-corrected chi connectivity index (χ1v) is 4.20. The smallest absolute Gasteiger partial charge is 0.0871 e. The van der Waals surface area contributed by atoms with Crippen LogP contribution in [0.15, 0.2) is 35.5 Å². The van der Waals surface area contributed by atoms with Crippen molar-refractivity contribution in [3.05, 3.63) is 35.9 Å². The minimum atomic E-state index is -1.15. The van der Waals surface area contributed by atoms with E-state index in [1.165, 1.54) is 0 Å². The van der Waals surface area contributed by atoms with E-state index in [9.17, 15) is 9.90 Å². The molecule has 0 saturated carbocycles. The first-order chi connectivity index (χ1) is 6.74. The number of carboxylic acid groups (broad SMARTS) is 1. The lowest BCUT2D eigenvalue weighted by Crippen LogP contribution is -2.22. The lowest BCUT2D eigenvalue weighted by Gasteiger charge is -2.04. The van der Waals surface area contributed by atoms with Gasteiger partial charge in [-0.2, -0.15) is 0 Å². The molecule has 0 unspecified atom stereocenters. The summed E-state index contributed by atoms with van der Waals surface area (Å²) in [5.41, 5.74) is 1.08. The van der Waals surface area contributed by atoms with Crippen LogP contribution in [-0.4, -0.2) is 16.9 Å². The second-order valence-electron chi connectivity index (χ2n) is 2.78. The normalized spacial score (nSPS) is 11.3. The molecule has 0 aliphatic heterocycles. The summed E-state index contributed by atoms with van der Waals surface area (Å²) in [4.78, 5) is 10.2. The molecule has 4 nitrogen and oxygen atoms in total. The Morgan fingerprint density at radius 2 is 1.93 bits per heavy atom. The van der Waals surface area contributed by atoms with Crippen molar-refractivity contribution in [1.29, 1.82) is 0 Å². The van der Waals surface area contributed by atoms with Crippen LogP contribution >= 0.6 is 0 Å². The second kappa shape index (κ2) is 5.01. The van der Waals surface area contributed by atoms with Crippen LogP contribution in [0.3, 0.4) is 0 Å². The van der Waals surface area contributed by atoms with Gasteiger partial charge in [0.2, 0.25) is 0 Å². The van der Waals surface area contributed by atoms with Crippen LogP contribution in [0.5, 0.6) is 0 Å². The Morgan fingerprint density at radius 3 is 2.43 bits per heavy atom. The average Bonchev–Trinajstić information content (AvgIpc) is 2.20. The lowest BCUT2D eigenvalue weighted by atomic mass is 10.1. The molecule has 0 amide bonds. The van der Waals surface area contributed by atoms with Gasteiger partial charge in [-0.05, 0) is 18.4 Å². The summed E-state index contributed by atoms with van der Waals surface area (Å²) in [7, 11) is 0. The summed E-state index contributed by atoms with van der Waals surface area (Å²) in [6.45, 7) is 0. The molecule has 14 heavy (non-hydrogen) atoms. The molecule has 0 saturated heterocycles. The standard InChI is InChI=1S/C10H11NO3/c12-10(13)7-6-9(11-14)8-4-2-1-3-5-8/h1-5,14H,6-7H2,(H,12,13)/p-1/b11-9+. The molecule has 1 aromatic carbocycles. The van der Waals surface area contributed by atoms with E-state index in [-0.39, 0.29) is 12.8 Å². The van der Waals surface area contributed by atoms with Crippen molar-refractivity contribution in [3.63, 3.8) is 0 Å². The molecule has 0 aromatic heterocycles. The maximum atomic E-state index is 10.2. The number of benzene rings is 1. The Hall–Kier alpha value is -1.84. The van der Waals surface area contributed by atoms with E-state index in [0.29, 0.717) is 5.71 Å². The van der Waals surface area contributed by atoms with Gasteiger partial charge in [0.15, 0.2) is 0 Å². The summed E-state index contributed by atoms with van der Waals surface area (Å²) < 4.78 is 0. The van der Waals surface area contributed by atoms with E-state index in [2.05, 4.69) is 5.16 Å². The fourth-order valence-corrected chi connectivity index (χ4v) is 1.10. The molecular formula is C10H10NO3-. The second-order valence-corrected chi connectivity index (χ2v) is 2.78. The van der Waals surface area contributed by atoms with E-state index in [1.54, 1.807) is 24.3 Å². The van der Waals surface area contributed by atoms with Crippen LogP contribution in [0.1, 0.15) is 18.4 Å². The monoisotopic (exact) mass is 192 g/mol. The first kappa shape index (κ1) is 10.2. The molecule has 0 aliphatic carbocycles. The molecule has 74 valence electrons. The highest BCUT2D eigenvalue weighted by Crippen LogP contribution is 2.05. The van der Waals surface area contributed by atoms with E-state index < -0.39 is 5.97 Å². The molecule has 0 spiro atoms. The molecule has 0 heterocycles. The molecular weight excluding hydrogens is 182 g/mol. The van der Waals surface area contributed by atoms with E-state index in [0.717, 1.165) is 5.56 Å². The van der Waals surface area contributed by atoms with Gasteiger partial charge in [-0.1, -0.05) is 35.5 Å². The van der Waals surface area contributed by atoms with Crippen molar-refractivity contribution in [2.24, 2.45) is 5.16 Å². The van der Waals surface area contributed by atoms with Gasteiger partial charge in [0, 0.05) is 5.97 Å². The van der Waals surface area contributed by atoms with Crippen LogP contribution < -0.4 is 5.11 Å². The average molecular weight is 192 g/mol. The largest absolute Gasteiger partial charge is 0.550 e. The Labute approximate surface area is 81.5 Å². The van der Waals surface area contributed by atoms with Gasteiger partial charge in [-0.3, -0.25) is 0 Å². The minimum absolute atomic E-state index is 0.145. The van der Waals surface area contributed by atoms with Crippen molar-refractivity contribution >= 4 is 11.7 Å². The highest BCUT2D eigenvalue weighted by atomic mass is 16.4. The van der Waals surface area contributed by atoms with Gasteiger partial charge in [0.1, 0.15) is 0 Å². The van der Waals surface area contributed by atoms with Crippen LogP contribution in [0.25, 0.3) is 0 Å². The molecule has 0 bridgehead atoms. The molecule has 4 heteroatoms. The summed E-state index contributed by atoms with van der Waals surface area (Å²) >= 11 is 0. The zero-order valence-corrected chi connectivity index (χ0v) is 7.51. The minimum Gasteiger partial charge on any atom is -0.550 e. The number of aliphatic carboxylic acids is 1. The number of rotatable bonds is 4. The van der Waals surface area contributed by atoms with E-state index >= 15 is 0 Å². The number of carbonyl (C=O) groups is 1. The molecule has 0 radical (unpaired) electrons. The van der Waals surface area contributed by atoms with Gasteiger partial charge in [-0.25, -0.2) is 0 Å². The lowest BCUT2D eigenvalue weighted by molar-refractivity contribution is -0.305. The van der Waals surface area contributed by atoms with Crippen molar-refractivity contribution in [2.45, 2.75) is 12.8 Å². The number of hydrogen-bond donors (Lipinski definition) is 1. The molecule has 1 rings (SSSR count). The van der Waals surface area contributed by atoms with Gasteiger partial charge in [0.05, 0.1) is 5.71 Å². The summed E-state index contributed by atoms with van der Waals surface area (Å²) in [5, 5.41) is 21.9. The molecule has 1 aromatic rings. The zero-order chi connectivity index (χ0) is 10.4. The quantitative estimate of drug-likeness (QED) is 0.426. The maximum Gasteiger partial charge on any atom is 0.0871 e. The zero-order valence-electron chi connectivity index (χ0n) is 7.51. The third kappa shape index (κ3) is 2.90. The number of nitrogens with zero attached hydrogens (tertiary/aromatic N) is 1. The van der Waals surface area contributed by atoms with Gasteiger partial charge in [0.25, 0.3) is 0 Å². The van der Waals surface area contributed by atoms with Crippen LogP contribution in [0.2, 0.25) is 0 Å². The van der Waals surface area contributed by atoms with Crippen molar-refractivity contribution in [3.8, 4) is 0 Å². The van der Waals surface area contributed by atoms with Gasteiger partial charge >= 0.3 is 0 Å². The molecule has 0 atom stereocenters. The van der Waals surface area contributed by atoms with Crippen LogP contribution in [0.4, 0.5) is 0 Å². The Bertz CT molecular complexity index is 332. The first-order valence-electron chi connectivity index (χ1n) is 4.20. The van der Waals surface area contributed by atoms with Gasteiger partial charge in [-0.15, -0.1) is 0 Å². The predicted octanol–water partition coefficient (Wildman–Crippen LogP) is 0.395. The summed E-state index contributed by atoms with van der Waals surface area (Å²) in [5.74, 6) is -1.15. The third-order valence-corrected chi connectivity index (χ3v) is 1.79. The van der Waals surface area contributed by atoms with Crippen molar-refractivity contribution in [2.75, 3.05) is 0 Å². The van der Waals surface area contributed by atoms with E-state index in [4.69, 9.17) is 5.21 Å². The fourth-order valence-electron chi connectivity index (χ4n) is 1.10. The Balaban J connectivity index is 2.69. The number of hydrogen-bond acceptors (Lipinski definition) is 4. The summed E-state index contributed by atoms with van der Waals surface area (Å²) in [6.07, 6.45) is 0.0249. The van der Waals surface area contributed by atoms with Crippen LogP contribution in [-0.2, 0) is 4.79 Å². The highest BCUT2D eigenvalue weighted by Gasteiger charge is 2.03. The fraction of sp³-hybridized carbons (Fsp3) is 0.200. The highest BCUT2D eigenvalue weighted by molar-refractivity contribution is 6.01. The summed E-state index contributed by atoms with van der Waals surface area (Å²) in [6, 6.07) is 8.92. The molecule has 0 aliphatic rings. The van der Waals surface area contributed by atoms with Crippen molar-refractivity contribution < 1.29 is 15.1 Å². The van der Waals surface area contributed by atoms with Gasteiger partial charge < -0.3 is 15.1 Å². The third-order valence-electron chi connectivity index (χ3n) is 1.79. The number of oxime groups is 1. The topological polar surface area (TPSA) is 72.7 Å². The Kier molecular flexibility index (Phi) is 3.67. The molecule has 0 fully saturated rings. The Morgan fingerprint density at radius 1 is 1.29 bits per heavy atom. The number of carbonyl (C=O) groups excluding carboxylic acids is 1. The van der Waals surface area contributed by atoms with E-state index in [1.807, 2.05) is 6.07 Å². The number of carboxylic acids is 1. The predicted molar refractivity (Wildman–Crippen MR) is 49.0 cm³/mol.